The summed E-state index contributed by atoms with van der Waals surface area (Å²) in [6, 6.07) is 18.4. The van der Waals surface area contributed by atoms with Gasteiger partial charge in [-0.2, -0.15) is 36.9 Å². The highest BCUT2D eigenvalue weighted by molar-refractivity contribution is 7.91. The van der Waals surface area contributed by atoms with E-state index in [2.05, 4.69) is 35.0 Å². The number of aromatic nitrogens is 3. The first-order valence-electron chi connectivity index (χ1n) is 15.4. The first-order valence-corrected chi connectivity index (χ1v) is 20.2. The van der Waals surface area contributed by atoms with Crippen molar-refractivity contribution in [2.24, 2.45) is 5.10 Å². The van der Waals surface area contributed by atoms with Crippen molar-refractivity contribution >= 4 is 87.1 Å². The average molecular weight is 815 g/mol. The second kappa shape index (κ2) is 14.8. The van der Waals surface area contributed by atoms with Gasteiger partial charge in [-0.1, -0.05) is 48.5 Å². The number of halogens is 1. The number of Topliss-reactive ketones (excluding diaryl/α,β-unsaturated/α-hetero) is 1. The minimum atomic E-state index is -4.84. The van der Waals surface area contributed by atoms with Crippen molar-refractivity contribution in [3.8, 4) is 5.75 Å². The Morgan fingerprint density at radius 2 is 1.56 bits per heavy atom. The lowest BCUT2D eigenvalue weighted by Crippen LogP contribution is -2.21. The van der Waals surface area contributed by atoms with Crippen molar-refractivity contribution in [1.29, 1.82) is 0 Å². The molecule has 0 saturated carbocycles. The number of hydrogen-bond acceptors (Lipinski definition) is 15. The Morgan fingerprint density at radius 1 is 0.852 bits per heavy atom. The Balaban J connectivity index is 1.37. The monoisotopic (exact) mass is 814 g/mol. The van der Waals surface area contributed by atoms with E-state index in [0.717, 1.165) is 0 Å². The van der Waals surface area contributed by atoms with Crippen LogP contribution in [-0.2, 0) is 34.5 Å². The Labute approximate surface area is 313 Å². The maximum atomic E-state index is 13.6. The summed E-state index contributed by atoms with van der Waals surface area (Å²) in [5.74, 6) is -1.29. The lowest BCUT2D eigenvalue weighted by atomic mass is 9.88. The van der Waals surface area contributed by atoms with Crippen LogP contribution in [0, 0.1) is 6.92 Å². The first-order chi connectivity index (χ1) is 25.4. The number of hydrazone groups is 1. The van der Waals surface area contributed by atoms with E-state index in [0.29, 0.717) is 16.5 Å². The van der Waals surface area contributed by atoms with Crippen molar-refractivity contribution < 1.29 is 48.1 Å². The molecule has 0 unspecified atom stereocenters. The van der Waals surface area contributed by atoms with Gasteiger partial charge in [0.2, 0.25) is 17.0 Å². The van der Waals surface area contributed by atoms with E-state index < -0.39 is 48.5 Å². The third-order valence-corrected chi connectivity index (χ3v) is 11.3. The highest BCUT2D eigenvalue weighted by Gasteiger charge is 2.28. The van der Waals surface area contributed by atoms with Gasteiger partial charge in [-0.25, -0.2) is 12.6 Å². The Hall–Kier alpha value is -5.35. The van der Waals surface area contributed by atoms with E-state index in [1.165, 1.54) is 50.4 Å². The minimum absolute atomic E-state index is 0.0118. The zero-order chi connectivity index (χ0) is 39.0. The zero-order valence-corrected chi connectivity index (χ0v) is 31.1. The molecule has 1 aliphatic rings. The lowest BCUT2D eigenvalue weighted by molar-refractivity contribution is 0.106. The van der Waals surface area contributed by atoms with E-state index >= 15 is 0 Å². The molecule has 0 radical (unpaired) electrons. The molecule has 4 N–H and O–H groups in total. The van der Waals surface area contributed by atoms with E-state index in [4.69, 9.17) is 20.9 Å². The van der Waals surface area contributed by atoms with Crippen LogP contribution in [0.5, 0.6) is 5.75 Å². The predicted octanol–water partition coefficient (Wildman–Crippen LogP) is 4.67. The summed E-state index contributed by atoms with van der Waals surface area (Å²) in [6.45, 7) is 0.671. The number of fused-ring (bicyclic) bond motifs is 2. The molecule has 0 amide bonds. The van der Waals surface area contributed by atoms with Crippen molar-refractivity contribution in [2.75, 3.05) is 30.2 Å². The fraction of sp³-hybridized carbons (Fsp3) is 0.121. The molecule has 1 aliphatic carbocycles. The van der Waals surface area contributed by atoms with Gasteiger partial charge in [0, 0.05) is 22.6 Å². The van der Waals surface area contributed by atoms with Gasteiger partial charge in [0.05, 0.1) is 35.7 Å². The summed E-state index contributed by atoms with van der Waals surface area (Å²) < 4.78 is 100. The average Bonchev–Trinajstić information content (AvgIpc) is 3.10. The second-order valence-corrected chi connectivity index (χ2v) is 16.3. The highest BCUT2D eigenvalue weighted by Crippen LogP contribution is 2.35. The number of allylic oxidation sites excluding steroid dienone is 1. The summed E-state index contributed by atoms with van der Waals surface area (Å²) in [6.07, 6.45) is 1.41. The number of carbonyl (C=O) groups excluding carboxylic acids is 1. The smallest absolute Gasteiger partial charge is 0.397 e. The van der Waals surface area contributed by atoms with E-state index in [1.54, 1.807) is 42.5 Å². The summed E-state index contributed by atoms with van der Waals surface area (Å²) in [5.41, 5.74) is 4.30. The van der Waals surface area contributed by atoms with Crippen molar-refractivity contribution in [2.45, 2.75) is 16.7 Å². The molecule has 0 aliphatic heterocycles. The molecule has 21 heteroatoms. The van der Waals surface area contributed by atoms with Crippen LogP contribution < -0.4 is 15.5 Å². The maximum Gasteiger partial charge on any atom is 0.397 e. The number of rotatable bonds is 12. The van der Waals surface area contributed by atoms with Gasteiger partial charge < -0.3 is 10.1 Å². The number of aryl methyl sites for hydroxylation is 1. The predicted molar refractivity (Wildman–Crippen MR) is 198 cm³/mol. The molecule has 0 bridgehead atoms. The zero-order valence-electron chi connectivity index (χ0n) is 27.9. The number of nitrogens with zero attached hydrogens (tertiary/aromatic N) is 4. The van der Waals surface area contributed by atoms with Crippen LogP contribution in [0.1, 0.15) is 27.3 Å². The summed E-state index contributed by atoms with van der Waals surface area (Å²) >= 11 is 6.35. The van der Waals surface area contributed by atoms with Crippen molar-refractivity contribution in [3.05, 3.63) is 107 Å². The van der Waals surface area contributed by atoms with Crippen LogP contribution in [0.15, 0.2) is 93.8 Å². The molecule has 0 atom stereocenters. The fourth-order valence-electron chi connectivity index (χ4n) is 5.61. The van der Waals surface area contributed by atoms with Crippen LogP contribution >= 0.6 is 11.6 Å². The van der Waals surface area contributed by atoms with Crippen LogP contribution in [0.2, 0.25) is 5.28 Å². The Kier molecular flexibility index (Phi) is 10.5. The van der Waals surface area contributed by atoms with Crippen LogP contribution in [0.3, 0.4) is 0 Å². The standard InChI is InChI=1S/C33H27ClN6O11S3/c1-18-15-24(26(50-2)17-28(18)52(42,43)14-13-51-54(47,48)49)35-33-37-31(36-32(34)38-33)22-16-25(30(41)21-10-4-3-9-20(21)22)40-39-23-11-5-7-19-8-6-12-27(29(19)23)53(44,45)46/h3-12,15-17,39H,13-14H2,1-2H3,(H,44,45,46)(H,47,48,49)(H,35,36,37,38). The molecular formula is C33H27ClN6O11S3. The molecule has 280 valence electrons. The maximum absolute atomic E-state index is 13.6. The molecule has 0 spiro atoms. The van der Waals surface area contributed by atoms with E-state index in [9.17, 15) is 34.6 Å². The fourth-order valence-corrected chi connectivity index (χ4v) is 8.27. The van der Waals surface area contributed by atoms with Crippen LogP contribution in [-0.4, -0.2) is 80.3 Å². The summed E-state index contributed by atoms with van der Waals surface area (Å²) in [7, 11) is -12.3. The number of anilines is 3. The molecule has 0 fully saturated rings. The van der Waals surface area contributed by atoms with Gasteiger partial charge in [0.1, 0.15) is 16.4 Å². The Bertz CT molecular complexity index is 2750. The summed E-state index contributed by atoms with van der Waals surface area (Å²) in [4.78, 5) is 26.0. The van der Waals surface area contributed by atoms with Crippen LogP contribution in [0.4, 0.5) is 17.3 Å². The minimum Gasteiger partial charge on any atom is -0.495 e. The normalized spacial score (nSPS) is 14.1. The number of hydrogen-bond donors (Lipinski definition) is 4. The van der Waals surface area contributed by atoms with Gasteiger partial charge >= 0.3 is 10.4 Å². The largest absolute Gasteiger partial charge is 0.495 e. The highest BCUT2D eigenvalue weighted by atomic mass is 35.5. The number of ketones is 1. The second-order valence-electron chi connectivity index (χ2n) is 11.4. The van der Waals surface area contributed by atoms with E-state index in [-0.39, 0.29) is 66.2 Å². The van der Waals surface area contributed by atoms with Gasteiger partial charge in [0.25, 0.3) is 10.1 Å². The molecule has 6 rings (SSSR count). The van der Waals surface area contributed by atoms with Crippen molar-refractivity contribution in [1.82, 2.24) is 15.0 Å². The number of sulfone groups is 1. The number of carbonyl (C=O) groups is 1. The summed E-state index contributed by atoms with van der Waals surface area (Å²) in [5, 5.41) is 7.64. The number of benzene rings is 4. The van der Waals surface area contributed by atoms with Crippen molar-refractivity contribution in [3.63, 3.8) is 0 Å². The van der Waals surface area contributed by atoms with E-state index in [1.807, 2.05) is 0 Å². The lowest BCUT2D eigenvalue weighted by Gasteiger charge is -2.18. The Morgan fingerprint density at radius 3 is 2.24 bits per heavy atom. The third kappa shape index (κ3) is 8.24. The van der Waals surface area contributed by atoms with Gasteiger partial charge in [0.15, 0.2) is 15.7 Å². The topological polar surface area (TPSA) is 254 Å². The molecule has 1 aromatic heterocycles. The third-order valence-electron chi connectivity index (χ3n) is 7.93. The SMILES string of the molecule is COc1cc(S(=O)(=O)CCOS(=O)(=O)O)c(C)cc1Nc1nc(Cl)nc(C2=CC(=NNc3cccc4cccc(S(=O)(=O)O)c34)C(=O)c3ccccc32)n1. The first kappa shape index (κ1) is 38.4. The quantitative estimate of drug-likeness (QED) is 0.0986. The molecule has 0 saturated heterocycles. The van der Waals surface area contributed by atoms with Crippen LogP contribution in [0.25, 0.3) is 16.3 Å². The molecule has 54 heavy (non-hydrogen) atoms. The van der Waals surface area contributed by atoms with Gasteiger partial charge in [-0.3, -0.25) is 19.3 Å². The number of methoxy groups -OCH3 is 1. The molecule has 5 aromatic rings. The number of ether oxygens (including phenoxy) is 1. The molecule has 17 nitrogen and oxygen atoms in total. The number of nitrogens with one attached hydrogen (secondary N) is 2. The van der Waals surface area contributed by atoms with Gasteiger partial charge in [-0.15, -0.1) is 0 Å². The molecule has 1 heterocycles. The molecular weight excluding hydrogens is 788 g/mol. The van der Waals surface area contributed by atoms with Gasteiger partial charge in [-0.05, 0) is 59.3 Å². The molecule has 4 aromatic carbocycles.